The number of carbonyl (C=O) groups is 1. The van der Waals surface area contributed by atoms with E-state index in [-0.39, 0.29) is 5.97 Å². The van der Waals surface area contributed by atoms with E-state index >= 15 is 0 Å². The first kappa shape index (κ1) is 13.3. The van der Waals surface area contributed by atoms with Gasteiger partial charge in [-0.3, -0.25) is 0 Å². The molecule has 5 heteroatoms. The molecule has 1 heterocycles. The minimum Gasteiger partial charge on any atom is -0.502 e. The van der Waals surface area contributed by atoms with Crippen molar-refractivity contribution >= 4 is 5.97 Å². The molecule has 0 fully saturated rings. The highest BCUT2D eigenvalue weighted by atomic mass is 16.5. The average molecular weight is 238 g/mol. The van der Waals surface area contributed by atoms with E-state index in [4.69, 9.17) is 4.74 Å². The Bertz CT molecular complexity index is 360. The van der Waals surface area contributed by atoms with Crippen molar-refractivity contribution < 1.29 is 14.3 Å². The van der Waals surface area contributed by atoms with Crippen LogP contribution in [0.5, 0.6) is 0 Å². The molecular weight excluding hydrogens is 220 g/mol. The second kappa shape index (κ2) is 7.51. The van der Waals surface area contributed by atoms with Gasteiger partial charge in [-0.1, -0.05) is 6.58 Å². The third-order valence-electron chi connectivity index (χ3n) is 2.20. The molecule has 0 spiro atoms. The Hall–Kier alpha value is -1.75. The van der Waals surface area contributed by atoms with Crippen LogP contribution < -0.4 is 5.32 Å². The minimum absolute atomic E-state index is 0.351. The van der Waals surface area contributed by atoms with E-state index in [9.17, 15) is 4.79 Å². The minimum atomic E-state index is -0.351. The molecule has 0 amide bonds. The van der Waals surface area contributed by atoms with Gasteiger partial charge in [-0.2, -0.15) is 0 Å². The molecule has 0 aliphatic carbocycles. The summed E-state index contributed by atoms with van der Waals surface area (Å²) in [6.45, 7) is 5.66. The summed E-state index contributed by atoms with van der Waals surface area (Å²) in [6.07, 6.45) is 2.35. The largest absolute Gasteiger partial charge is 0.502 e. The summed E-state index contributed by atoms with van der Waals surface area (Å²) >= 11 is 0. The zero-order valence-corrected chi connectivity index (χ0v) is 9.99. The van der Waals surface area contributed by atoms with Crippen LogP contribution in [0.3, 0.4) is 0 Å². The van der Waals surface area contributed by atoms with E-state index < -0.39 is 0 Å². The lowest BCUT2D eigenvalue weighted by Crippen LogP contribution is -2.16. The molecule has 1 aromatic heterocycles. The van der Waals surface area contributed by atoms with Gasteiger partial charge in [-0.25, -0.2) is 4.79 Å². The zero-order chi connectivity index (χ0) is 12.5. The Labute approximate surface area is 101 Å². The van der Waals surface area contributed by atoms with Crippen LogP contribution in [0, 0.1) is 0 Å². The lowest BCUT2D eigenvalue weighted by molar-refractivity contribution is 0.0594. The first-order valence-electron chi connectivity index (χ1n) is 5.47. The fourth-order valence-corrected chi connectivity index (χ4v) is 1.36. The number of H-pyrrole nitrogens is 1. The van der Waals surface area contributed by atoms with Gasteiger partial charge in [0.2, 0.25) is 0 Å². The number of esters is 1. The van der Waals surface area contributed by atoms with Crippen molar-refractivity contribution in [3.05, 3.63) is 36.4 Å². The Morgan fingerprint density at radius 1 is 1.59 bits per heavy atom. The summed E-state index contributed by atoms with van der Waals surface area (Å²) in [5, 5.41) is 3.23. The maximum atomic E-state index is 11.2. The highest BCUT2D eigenvalue weighted by molar-refractivity contribution is 5.87. The number of aromatic nitrogens is 1. The number of rotatable bonds is 8. The second-order valence-electron chi connectivity index (χ2n) is 3.46. The molecule has 1 aromatic rings. The molecule has 0 saturated carbocycles. The van der Waals surface area contributed by atoms with E-state index in [2.05, 4.69) is 21.6 Å². The smallest absolute Gasteiger partial charge is 0.354 e. The number of hydrogen-bond acceptors (Lipinski definition) is 4. The number of nitrogens with one attached hydrogen (secondary N) is 2. The quantitative estimate of drug-likeness (QED) is 0.408. The van der Waals surface area contributed by atoms with E-state index in [1.165, 1.54) is 13.4 Å². The molecule has 2 N–H and O–H groups in total. The van der Waals surface area contributed by atoms with Crippen LogP contribution in [0.15, 0.2) is 25.0 Å². The molecule has 1 rings (SSSR count). The number of methoxy groups -OCH3 is 1. The number of ether oxygens (including phenoxy) is 2. The monoisotopic (exact) mass is 238 g/mol. The fourth-order valence-electron chi connectivity index (χ4n) is 1.36. The van der Waals surface area contributed by atoms with Crippen molar-refractivity contribution in [3.63, 3.8) is 0 Å². The molecule has 0 aromatic carbocycles. The van der Waals surface area contributed by atoms with Gasteiger partial charge < -0.3 is 19.8 Å². The number of hydrogen-bond donors (Lipinski definition) is 2. The van der Waals surface area contributed by atoms with Crippen molar-refractivity contribution in [2.45, 2.75) is 13.0 Å². The summed E-state index contributed by atoms with van der Waals surface area (Å²) in [5.41, 5.74) is 1.43. The predicted octanol–water partition coefficient (Wildman–Crippen LogP) is 1.44. The summed E-state index contributed by atoms with van der Waals surface area (Å²) in [7, 11) is 1.36. The van der Waals surface area contributed by atoms with Gasteiger partial charge in [0.05, 0.1) is 20.0 Å². The van der Waals surface area contributed by atoms with Crippen molar-refractivity contribution in [3.8, 4) is 0 Å². The van der Waals surface area contributed by atoms with Crippen LogP contribution in [0.25, 0.3) is 0 Å². The SMILES string of the molecule is C=COCCCNCc1ccc(C(=O)OC)[nH]1. The highest BCUT2D eigenvalue weighted by Gasteiger charge is 2.07. The third-order valence-corrected chi connectivity index (χ3v) is 2.20. The van der Waals surface area contributed by atoms with Crippen LogP contribution in [0.1, 0.15) is 22.6 Å². The maximum absolute atomic E-state index is 11.2. The molecule has 0 aliphatic rings. The standard InChI is InChI=1S/C12H18N2O3/c1-3-17-8-4-7-13-9-10-5-6-11(14-10)12(15)16-2/h3,5-6,13-14H,1,4,7-9H2,2H3. The summed E-state index contributed by atoms with van der Waals surface area (Å²) in [4.78, 5) is 14.2. The van der Waals surface area contributed by atoms with Crippen LogP contribution in [-0.2, 0) is 16.0 Å². The molecule has 0 bridgehead atoms. The molecule has 0 aliphatic heterocycles. The normalized spacial score (nSPS) is 9.94. The first-order chi connectivity index (χ1) is 8.27. The molecule has 5 nitrogen and oxygen atoms in total. The number of aromatic amines is 1. The summed E-state index contributed by atoms with van der Waals surface area (Å²) in [6, 6.07) is 3.57. The topological polar surface area (TPSA) is 63.4 Å². The molecular formula is C12H18N2O3. The summed E-state index contributed by atoms with van der Waals surface area (Å²) in [5.74, 6) is -0.351. The molecule has 0 atom stereocenters. The van der Waals surface area contributed by atoms with Gasteiger partial charge in [-0.05, 0) is 25.1 Å². The Morgan fingerprint density at radius 2 is 2.41 bits per heavy atom. The Balaban J connectivity index is 2.21. The summed E-state index contributed by atoms with van der Waals surface area (Å²) < 4.78 is 9.59. The lowest BCUT2D eigenvalue weighted by Gasteiger charge is -2.03. The van der Waals surface area contributed by atoms with Crippen molar-refractivity contribution in [2.75, 3.05) is 20.3 Å². The predicted molar refractivity (Wildman–Crippen MR) is 64.6 cm³/mol. The van der Waals surface area contributed by atoms with Crippen LogP contribution in [0.2, 0.25) is 0 Å². The molecule has 0 unspecified atom stereocenters. The second-order valence-corrected chi connectivity index (χ2v) is 3.46. The highest BCUT2D eigenvalue weighted by Crippen LogP contribution is 2.02. The first-order valence-corrected chi connectivity index (χ1v) is 5.47. The Morgan fingerprint density at radius 3 is 3.12 bits per heavy atom. The van der Waals surface area contributed by atoms with Crippen LogP contribution in [0.4, 0.5) is 0 Å². The molecule has 0 saturated heterocycles. The number of carbonyl (C=O) groups excluding carboxylic acids is 1. The van der Waals surface area contributed by atoms with Crippen LogP contribution >= 0.6 is 0 Å². The van der Waals surface area contributed by atoms with Crippen molar-refractivity contribution in [1.29, 1.82) is 0 Å². The van der Waals surface area contributed by atoms with E-state index in [1.54, 1.807) is 6.07 Å². The van der Waals surface area contributed by atoms with Gasteiger partial charge in [0, 0.05) is 12.2 Å². The van der Waals surface area contributed by atoms with Crippen molar-refractivity contribution in [2.24, 2.45) is 0 Å². The molecule has 94 valence electrons. The van der Waals surface area contributed by atoms with Crippen LogP contribution in [-0.4, -0.2) is 31.2 Å². The van der Waals surface area contributed by atoms with E-state index in [0.29, 0.717) is 18.8 Å². The van der Waals surface area contributed by atoms with Gasteiger partial charge >= 0.3 is 5.97 Å². The van der Waals surface area contributed by atoms with Gasteiger partial charge in [-0.15, -0.1) is 0 Å². The van der Waals surface area contributed by atoms with E-state index in [1.807, 2.05) is 6.07 Å². The molecule has 0 radical (unpaired) electrons. The van der Waals surface area contributed by atoms with Gasteiger partial charge in [0.1, 0.15) is 5.69 Å². The Kier molecular flexibility index (Phi) is 5.88. The van der Waals surface area contributed by atoms with Crippen molar-refractivity contribution in [1.82, 2.24) is 10.3 Å². The van der Waals surface area contributed by atoms with Gasteiger partial charge in [0.25, 0.3) is 0 Å². The fraction of sp³-hybridized carbons (Fsp3) is 0.417. The third kappa shape index (κ3) is 4.74. The van der Waals surface area contributed by atoms with Gasteiger partial charge in [0.15, 0.2) is 0 Å². The zero-order valence-electron chi connectivity index (χ0n) is 9.99. The lowest BCUT2D eigenvalue weighted by atomic mass is 10.4. The van der Waals surface area contributed by atoms with E-state index in [0.717, 1.165) is 18.7 Å². The molecule has 17 heavy (non-hydrogen) atoms. The average Bonchev–Trinajstić information content (AvgIpc) is 2.81. The maximum Gasteiger partial charge on any atom is 0.354 e.